The van der Waals surface area contributed by atoms with Crippen molar-refractivity contribution in [3.63, 3.8) is 0 Å². The first-order valence-corrected chi connectivity index (χ1v) is 7.76. The van der Waals surface area contributed by atoms with Crippen molar-refractivity contribution in [1.82, 2.24) is 25.3 Å². The van der Waals surface area contributed by atoms with Crippen LogP contribution in [0.25, 0.3) is 11.0 Å². The van der Waals surface area contributed by atoms with Gasteiger partial charge in [0.2, 0.25) is 0 Å². The van der Waals surface area contributed by atoms with E-state index in [1.54, 1.807) is 12.3 Å². The molecule has 3 aromatic rings. The van der Waals surface area contributed by atoms with Gasteiger partial charge in [-0.15, -0.1) is 0 Å². The molecule has 0 aromatic carbocycles. The van der Waals surface area contributed by atoms with Crippen molar-refractivity contribution in [2.24, 2.45) is 0 Å². The third-order valence-corrected chi connectivity index (χ3v) is 4.29. The molecule has 1 saturated carbocycles. The number of carbonyl (C=O) groups is 1. The minimum Gasteiger partial charge on any atom is -0.348 e. The molecule has 24 heavy (non-hydrogen) atoms. The van der Waals surface area contributed by atoms with Gasteiger partial charge >= 0.3 is 0 Å². The molecule has 2 N–H and O–H groups in total. The number of aromatic nitrogens is 4. The molecule has 3 heterocycles. The summed E-state index contributed by atoms with van der Waals surface area (Å²) in [5, 5.41) is 3.87. The van der Waals surface area contributed by atoms with Crippen LogP contribution in [0.3, 0.4) is 0 Å². The highest BCUT2D eigenvalue weighted by atomic mass is 16.2. The summed E-state index contributed by atoms with van der Waals surface area (Å²) in [6, 6.07) is 8.87. The minimum atomic E-state index is -0.204. The summed E-state index contributed by atoms with van der Waals surface area (Å²) >= 11 is 0. The SMILES string of the molecule is O=C(NC1CC(c2cc(=O)[nH]cn2)C1)c1ccc2cccnc2n1. The fourth-order valence-electron chi connectivity index (χ4n) is 2.92. The van der Waals surface area contributed by atoms with Crippen molar-refractivity contribution >= 4 is 16.9 Å². The zero-order chi connectivity index (χ0) is 16.5. The molecule has 0 spiro atoms. The van der Waals surface area contributed by atoms with Gasteiger partial charge in [0.05, 0.1) is 12.0 Å². The van der Waals surface area contributed by atoms with Crippen molar-refractivity contribution < 1.29 is 4.79 Å². The number of H-pyrrole nitrogens is 1. The van der Waals surface area contributed by atoms with E-state index in [9.17, 15) is 9.59 Å². The Labute approximate surface area is 137 Å². The summed E-state index contributed by atoms with van der Waals surface area (Å²) in [4.78, 5) is 38.8. The zero-order valence-corrected chi connectivity index (χ0v) is 12.8. The highest BCUT2D eigenvalue weighted by Gasteiger charge is 2.32. The predicted molar refractivity (Wildman–Crippen MR) is 87.6 cm³/mol. The highest BCUT2D eigenvalue weighted by molar-refractivity contribution is 5.94. The van der Waals surface area contributed by atoms with Crippen LogP contribution in [0, 0.1) is 0 Å². The average Bonchev–Trinajstić information content (AvgIpc) is 2.57. The molecule has 1 aliphatic carbocycles. The van der Waals surface area contributed by atoms with Gasteiger partial charge in [-0.25, -0.2) is 15.0 Å². The Morgan fingerprint density at radius 1 is 1.21 bits per heavy atom. The minimum absolute atomic E-state index is 0.0739. The summed E-state index contributed by atoms with van der Waals surface area (Å²) < 4.78 is 0. The van der Waals surface area contributed by atoms with Crippen molar-refractivity contribution in [1.29, 1.82) is 0 Å². The van der Waals surface area contributed by atoms with Crippen LogP contribution in [0.4, 0.5) is 0 Å². The first-order chi connectivity index (χ1) is 11.7. The Balaban J connectivity index is 1.41. The van der Waals surface area contributed by atoms with Crippen molar-refractivity contribution in [2.45, 2.75) is 24.8 Å². The molecular formula is C17H15N5O2. The van der Waals surface area contributed by atoms with Crippen LogP contribution in [-0.4, -0.2) is 31.9 Å². The molecule has 0 unspecified atom stereocenters. The molecule has 3 aromatic heterocycles. The van der Waals surface area contributed by atoms with Crippen molar-refractivity contribution in [3.8, 4) is 0 Å². The lowest BCUT2D eigenvalue weighted by Gasteiger charge is -2.35. The van der Waals surface area contributed by atoms with E-state index in [1.807, 2.05) is 18.2 Å². The van der Waals surface area contributed by atoms with Gasteiger partial charge in [0.15, 0.2) is 5.65 Å². The maximum absolute atomic E-state index is 12.3. The number of hydrogen-bond acceptors (Lipinski definition) is 5. The van der Waals surface area contributed by atoms with E-state index in [2.05, 4.69) is 25.3 Å². The van der Waals surface area contributed by atoms with Crippen molar-refractivity contribution in [3.05, 3.63) is 64.6 Å². The standard InChI is InChI=1S/C17H15N5O2/c23-15-8-14(19-9-20-15)11-6-12(7-11)21-17(24)13-4-3-10-2-1-5-18-16(10)22-13/h1-5,8-9,11-12H,6-7H2,(H,21,24)(H,19,20,23). The third-order valence-electron chi connectivity index (χ3n) is 4.29. The second-order valence-electron chi connectivity index (χ2n) is 5.92. The molecule has 120 valence electrons. The fraction of sp³-hybridized carbons (Fsp3) is 0.235. The Bertz CT molecular complexity index is 962. The summed E-state index contributed by atoms with van der Waals surface area (Å²) in [6.45, 7) is 0. The average molecular weight is 321 g/mol. The van der Waals surface area contributed by atoms with Crippen LogP contribution in [0.15, 0.2) is 47.7 Å². The van der Waals surface area contributed by atoms with Crippen LogP contribution in [0.1, 0.15) is 34.9 Å². The Morgan fingerprint density at radius 2 is 2.08 bits per heavy atom. The molecule has 7 nitrogen and oxygen atoms in total. The van der Waals surface area contributed by atoms with E-state index < -0.39 is 0 Å². The molecule has 0 radical (unpaired) electrons. The van der Waals surface area contributed by atoms with Gasteiger partial charge in [0.1, 0.15) is 5.69 Å². The second-order valence-corrected chi connectivity index (χ2v) is 5.92. The molecule has 0 bridgehead atoms. The van der Waals surface area contributed by atoms with Gasteiger partial charge in [-0.05, 0) is 37.1 Å². The number of nitrogens with one attached hydrogen (secondary N) is 2. The lowest BCUT2D eigenvalue weighted by molar-refractivity contribution is 0.0903. The number of aromatic amines is 1. The summed E-state index contributed by atoms with van der Waals surface area (Å²) in [5.41, 5.74) is 1.54. The van der Waals surface area contributed by atoms with Gasteiger partial charge in [0, 0.05) is 29.6 Å². The Kier molecular flexibility index (Phi) is 3.53. The van der Waals surface area contributed by atoms with Gasteiger partial charge in [0.25, 0.3) is 11.5 Å². The molecule has 1 aliphatic rings. The van der Waals surface area contributed by atoms with E-state index in [0.717, 1.165) is 23.9 Å². The molecular weight excluding hydrogens is 306 g/mol. The smallest absolute Gasteiger partial charge is 0.270 e. The lowest BCUT2D eigenvalue weighted by Crippen LogP contribution is -2.44. The van der Waals surface area contributed by atoms with E-state index >= 15 is 0 Å². The number of carbonyl (C=O) groups excluding carboxylic acids is 1. The molecule has 1 fully saturated rings. The van der Waals surface area contributed by atoms with Crippen LogP contribution >= 0.6 is 0 Å². The maximum Gasteiger partial charge on any atom is 0.270 e. The van der Waals surface area contributed by atoms with Gasteiger partial charge in [-0.2, -0.15) is 0 Å². The number of fused-ring (bicyclic) bond motifs is 1. The van der Waals surface area contributed by atoms with Crippen molar-refractivity contribution in [2.75, 3.05) is 0 Å². The molecule has 0 saturated heterocycles. The van der Waals surface area contributed by atoms with Gasteiger partial charge in [-0.3, -0.25) is 9.59 Å². The fourth-order valence-corrected chi connectivity index (χ4v) is 2.92. The number of rotatable bonds is 3. The van der Waals surface area contributed by atoms with Crippen LogP contribution < -0.4 is 10.9 Å². The largest absolute Gasteiger partial charge is 0.348 e. The van der Waals surface area contributed by atoms with Gasteiger partial charge < -0.3 is 10.3 Å². The maximum atomic E-state index is 12.3. The molecule has 0 atom stereocenters. The Hall–Kier alpha value is -3.09. The zero-order valence-electron chi connectivity index (χ0n) is 12.8. The summed E-state index contributed by atoms with van der Waals surface area (Å²) in [7, 11) is 0. The first-order valence-electron chi connectivity index (χ1n) is 7.76. The molecule has 7 heteroatoms. The number of pyridine rings is 2. The van der Waals surface area contributed by atoms with E-state index in [-0.39, 0.29) is 23.4 Å². The lowest BCUT2D eigenvalue weighted by atomic mass is 9.78. The first kappa shape index (κ1) is 14.5. The van der Waals surface area contributed by atoms with Crippen LogP contribution in [0.5, 0.6) is 0 Å². The third kappa shape index (κ3) is 2.76. The monoisotopic (exact) mass is 321 g/mol. The summed E-state index contributed by atoms with van der Waals surface area (Å²) in [5.74, 6) is 0.00806. The number of amides is 1. The van der Waals surface area contributed by atoms with E-state index in [4.69, 9.17) is 0 Å². The molecule has 0 aliphatic heterocycles. The normalized spacial score (nSPS) is 19.7. The quantitative estimate of drug-likeness (QED) is 0.759. The molecule has 1 amide bonds. The van der Waals surface area contributed by atoms with E-state index in [1.165, 1.54) is 12.4 Å². The topological polar surface area (TPSA) is 101 Å². The molecule has 4 rings (SSSR count). The number of nitrogens with zero attached hydrogens (tertiary/aromatic N) is 3. The predicted octanol–water partition coefficient (Wildman–Crippen LogP) is 1.39. The second kappa shape index (κ2) is 5.84. The van der Waals surface area contributed by atoms with Gasteiger partial charge in [-0.1, -0.05) is 0 Å². The van der Waals surface area contributed by atoms with E-state index in [0.29, 0.717) is 11.3 Å². The number of hydrogen-bond donors (Lipinski definition) is 2. The Morgan fingerprint density at radius 3 is 2.92 bits per heavy atom. The van der Waals surface area contributed by atoms with Crippen LogP contribution in [-0.2, 0) is 0 Å². The van der Waals surface area contributed by atoms with Crippen LogP contribution in [0.2, 0.25) is 0 Å². The summed E-state index contributed by atoms with van der Waals surface area (Å²) in [6.07, 6.45) is 4.61. The highest BCUT2D eigenvalue weighted by Crippen LogP contribution is 2.35.